The zero-order chi connectivity index (χ0) is 8.97. The summed E-state index contributed by atoms with van der Waals surface area (Å²) in [7, 11) is 0. The Balaban J connectivity index is 2.76. The minimum Gasteiger partial charge on any atom is -0.387 e. The van der Waals surface area contributed by atoms with Crippen LogP contribution in [0.3, 0.4) is 0 Å². The monoisotopic (exact) mass is 164 g/mol. The lowest BCUT2D eigenvalue weighted by atomic mass is 10.1. The Labute approximate surface area is 70.9 Å². The van der Waals surface area contributed by atoms with E-state index in [9.17, 15) is 9.50 Å². The highest BCUT2D eigenvalue weighted by molar-refractivity contribution is 5.19. The Morgan fingerprint density at radius 3 is 2.50 bits per heavy atom. The highest BCUT2D eigenvalue weighted by Gasteiger charge is 2.04. The number of hydrogen-bond donors (Lipinski definition) is 1. The number of benzene rings is 1. The predicted octanol–water partition coefficient (Wildman–Crippen LogP) is 1.88. The average molecular weight is 164 g/mol. The van der Waals surface area contributed by atoms with E-state index in [1.165, 1.54) is 24.3 Å². The molecular weight excluding hydrogens is 155 g/mol. The minimum absolute atomic E-state index is 0.256. The van der Waals surface area contributed by atoms with Gasteiger partial charge in [0.2, 0.25) is 0 Å². The normalized spacial score (nSPS) is 12.1. The van der Waals surface area contributed by atoms with Gasteiger partial charge < -0.3 is 5.11 Å². The maximum atomic E-state index is 12.4. The zero-order valence-corrected chi connectivity index (χ0v) is 6.50. The van der Waals surface area contributed by atoms with Gasteiger partial charge in [-0.3, -0.25) is 0 Å². The first kappa shape index (κ1) is 8.76. The van der Waals surface area contributed by atoms with Crippen molar-refractivity contribution in [3.63, 3.8) is 0 Å². The van der Waals surface area contributed by atoms with Crippen LogP contribution in [0.5, 0.6) is 0 Å². The first-order chi connectivity index (χ1) is 5.74. The van der Waals surface area contributed by atoms with Gasteiger partial charge in [0.05, 0.1) is 6.10 Å². The van der Waals surface area contributed by atoms with Crippen LogP contribution in [0.15, 0.2) is 24.3 Å². The molecule has 1 rings (SSSR count). The number of aliphatic hydroxyl groups excluding tert-OH is 1. The number of rotatable bonds is 2. The van der Waals surface area contributed by atoms with Crippen LogP contribution in [-0.2, 0) is 0 Å². The molecule has 1 aromatic carbocycles. The van der Waals surface area contributed by atoms with Gasteiger partial charge in [-0.2, -0.15) is 0 Å². The van der Waals surface area contributed by atoms with E-state index < -0.39 is 6.10 Å². The fourth-order valence-electron chi connectivity index (χ4n) is 0.914. The zero-order valence-electron chi connectivity index (χ0n) is 6.50. The molecule has 0 fully saturated rings. The molecule has 62 valence electrons. The molecule has 0 aromatic heterocycles. The SMILES string of the molecule is C#CC[C@H](O)c1ccc(F)cc1. The standard InChI is InChI=1S/C10H9FO/c1-2-3-10(12)8-4-6-9(11)7-5-8/h1,4-7,10,12H,3H2/t10-/m0/s1. The van der Waals surface area contributed by atoms with Gasteiger partial charge in [-0.15, -0.1) is 12.3 Å². The van der Waals surface area contributed by atoms with Gasteiger partial charge in [0.1, 0.15) is 5.82 Å². The molecule has 0 aliphatic rings. The first-order valence-electron chi connectivity index (χ1n) is 3.61. The largest absolute Gasteiger partial charge is 0.387 e. The lowest BCUT2D eigenvalue weighted by molar-refractivity contribution is 0.184. The molecule has 2 heteroatoms. The molecule has 1 aromatic rings. The molecule has 0 aliphatic heterocycles. The third-order valence-electron chi connectivity index (χ3n) is 1.57. The molecule has 0 spiro atoms. The van der Waals surface area contributed by atoms with E-state index in [0.717, 1.165) is 0 Å². The fraction of sp³-hybridized carbons (Fsp3) is 0.200. The molecule has 0 amide bonds. The fourth-order valence-corrected chi connectivity index (χ4v) is 0.914. The number of halogens is 1. The van der Waals surface area contributed by atoms with Crippen LogP contribution in [-0.4, -0.2) is 5.11 Å². The third kappa shape index (κ3) is 2.08. The van der Waals surface area contributed by atoms with Crippen LogP contribution in [0.1, 0.15) is 18.1 Å². The molecule has 0 saturated carbocycles. The summed E-state index contributed by atoms with van der Waals surface area (Å²) < 4.78 is 12.4. The predicted molar refractivity (Wildman–Crippen MR) is 44.8 cm³/mol. The first-order valence-corrected chi connectivity index (χ1v) is 3.61. The van der Waals surface area contributed by atoms with Gasteiger partial charge in [-0.05, 0) is 17.7 Å². The summed E-state index contributed by atoms with van der Waals surface area (Å²) in [4.78, 5) is 0. The number of hydrogen-bond acceptors (Lipinski definition) is 1. The average Bonchev–Trinajstić information content (AvgIpc) is 2.06. The van der Waals surface area contributed by atoms with E-state index in [0.29, 0.717) is 5.56 Å². The van der Waals surface area contributed by atoms with Gasteiger partial charge in [0, 0.05) is 6.42 Å². The summed E-state index contributed by atoms with van der Waals surface area (Å²) in [5.41, 5.74) is 0.648. The molecule has 12 heavy (non-hydrogen) atoms. The third-order valence-corrected chi connectivity index (χ3v) is 1.57. The summed E-state index contributed by atoms with van der Waals surface area (Å²) in [6.45, 7) is 0. The van der Waals surface area contributed by atoms with Crippen LogP contribution in [0.4, 0.5) is 4.39 Å². The summed E-state index contributed by atoms with van der Waals surface area (Å²) in [5.74, 6) is 2.02. The van der Waals surface area contributed by atoms with Gasteiger partial charge in [-0.25, -0.2) is 4.39 Å². The molecule has 1 atom stereocenters. The minimum atomic E-state index is -0.685. The van der Waals surface area contributed by atoms with Crippen LogP contribution >= 0.6 is 0 Å². The van der Waals surface area contributed by atoms with E-state index >= 15 is 0 Å². The Hall–Kier alpha value is -1.33. The number of aliphatic hydroxyl groups is 1. The highest BCUT2D eigenvalue weighted by Crippen LogP contribution is 2.15. The van der Waals surface area contributed by atoms with Crippen molar-refractivity contribution in [3.8, 4) is 12.3 Å². The van der Waals surface area contributed by atoms with Crippen molar-refractivity contribution < 1.29 is 9.50 Å². The molecule has 0 saturated heterocycles. The topological polar surface area (TPSA) is 20.2 Å². The summed E-state index contributed by atoms with van der Waals surface area (Å²) in [6, 6.07) is 5.65. The van der Waals surface area contributed by atoms with Crippen molar-refractivity contribution in [1.82, 2.24) is 0 Å². The summed E-state index contributed by atoms with van der Waals surface area (Å²) in [5, 5.41) is 9.35. The van der Waals surface area contributed by atoms with E-state index in [2.05, 4.69) is 5.92 Å². The van der Waals surface area contributed by atoms with Gasteiger partial charge in [-0.1, -0.05) is 12.1 Å². The second kappa shape index (κ2) is 3.89. The second-order valence-corrected chi connectivity index (χ2v) is 2.48. The Morgan fingerprint density at radius 1 is 1.42 bits per heavy atom. The Morgan fingerprint density at radius 2 is 2.00 bits per heavy atom. The molecule has 0 heterocycles. The van der Waals surface area contributed by atoms with E-state index in [1.54, 1.807) is 0 Å². The van der Waals surface area contributed by atoms with Crippen LogP contribution in [0.2, 0.25) is 0 Å². The molecule has 0 aliphatic carbocycles. The second-order valence-electron chi connectivity index (χ2n) is 2.48. The van der Waals surface area contributed by atoms with Gasteiger partial charge >= 0.3 is 0 Å². The van der Waals surface area contributed by atoms with Gasteiger partial charge in [0.25, 0.3) is 0 Å². The lowest BCUT2D eigenvalue weighted by Gasteiger charge is -2.05. The van der Waals surface area contributed by atoms with Crippen LogP contribution in [0, 0.1) is 18.2 Å². The van der Waals surface area contributed by atoms with Crippen molar-refractivity contribution in [2.24, 2.45) is 0 Å². The van der Waals surface area contributed by atoms with Crippen LogP contribution < -0.4 is 0 Å². The Bertz CT molecular complexity index is 284. The van der Waals surface area contributed by atoms with Crippen molar-refractivity contribution in [3.05, 3.63) is 35.6 Å². The number of terminal acetylenes is 1. The van der Waals surface area contributed by atoms with E-state index in [4.69, 9.17) is 6.42 Å². The molecule has 1 N–H and O–H groups in total. The lowest BCUT2D eigenvalue weighted by Crippen LogP contribution is -1.95. The Kier molecular flexibility index (Phi) is 2.84. The van der Waals surface area contributed by atoms with Crippen molar-refractivity contribution in [2.45, 2.75) is 12.5 Å². The van der Waals surface area contributed by atoms with Crippen molar-refractivity contribution in [1.29, 1.82) is 0 Å². The molecule has 0 unspecified atom stereocenters. The molecular formula is C10H9FO. The smallest absolute Gasteiger partial charge is 0.123 e. The summed E-state index contributed by atoms with van der Waals surface area (Å²) in [6.07, 6.45) is 4.58. The van der Waals surface area contributed by atoms with Crippen molar-refractivity contribution >= 4 is 0 Å². The van der Waals surface area contributed by atoms with E-state index in [1.807, 2.05) is 0 Å². The molecule has 0 bridgehead atoms. The molecule has 1 nitrogen and oxygen atoms in total. The summed E-state index contributed by atoms with van der Waals surface area (Å²) >= 11 is 0. The quantitative estimate of drug-likeness (QED) is 0.662. The van der Waals surface area contributed by atoms with Crippen LogP contribution in [0.25, 0.3) is 0 Å². The van der Waals surface area contributed by atoms with E-state index in [-0.39, 0.29) is 12.2 Å². The maximum Gasteiger partial charge on any atom is 0.123 e. The van der Waals surface area contributed by atoms with Gasteiger partial charge in [0.15, 0.2) is 0 Å². The highest BCUT2D eigenvalue weighted by atomic mass is 19.1. The maximum absolute atomic E-state index is 12.4. The molecule has 0 radical (unpaired) electrons. The van der Waals surface area contributed by atoms with Crippen molar-refractivity contribution in [2.75, 3.05) is 0 Å².